The van der Waals surface area contributed by atoms with E-state index in [1.165, 1.54) is 37.8 Å². The molecular weight excluding hydrogens is 244 g/mol. The molecule has 1 aromatic rings. The van der Waals surface area contributed by atoms with Gasteiger partial charge in [-0.05, 0) is 43.5 Å². The van der Waals surface area contributed by atoms with Crippen LogP contribution in [0.4, 0.5) is 5.69 Å². The fraction of sp³-hybridized carbons (Fsp3) is 0.600. The van der Waals surface area contributed by atoms with Crippen LogP contribution in [0.1, 0.15) is 37.7 Å². The van der Waals surface area contributed by atoms with E-state index in [-0.39, 0.29) is 0 Å². The second-order valence-electron chi connectivity index (χ2n) is 5.07. The fourth-order valence-electron chi connectivity index (χ4n) is 2.60. The SMILES string of the molecule is NCCc1ccc(N2CCCCCCC2)cc1Cl. The minimum absolute atomic E-state index is 0.656. The van der Waals surface area contributed by atoms with Crippen molar-refractivity contribution in [3.8, 4) is 0 Å². The summed E-state index contributed by atoms with van der Waals surface area (Å²) in [6, 6.07) is 6.43. The molecule has 1 fully saturated rings. The maximum atomic E-state index is 6.32. The van der Waals surface area contributed by atoms with E-state index in [1.54, 1.807) is 0 Å². The third kappa shape index (κ3) is 3.63. The summed E-state index contributed by atoms with van der Waals surface area (Å²) in [4.78, 5) is 2.47. The number of benzene rings is 1. The third-order valence-electron chi connectivity index (χ3n) is 3.67. The van der Waals surface area contributed by atoms with Crippen molar-refractivity contribution in [2.75, 3.05) is 24.5 Å². The largest absolute Gasteiger partial charge is 0.371 e. The van der Waals surface area contributed by atoms with Gasteiger partial charge in [-0.2, -0.15) is 0 Å². The quantitative estimate of drug-likeness (QED) is 0.906. The first-order chi connectivity index (χ1) is 8.81. The molecule has 100 valence electrons. The van der Waals surface area contributed by atoms with E-state index in [0.29, 0.717) is 6.54 Å². The third-order valence-corrected chi connectivity index (χ3v) is 4.02. The van der Waals surface area contributed by atoms with Crippen LogP contribution in [0.15, 0.2) is 18.2 Å². The first kappa shape index (κ1) is 13.7. The number of hydrogen-bond acceptors (Lipinski definition) is 2. The smallest absolute Gasteiger partial charge is 0.0459 e. The van der Waals surface area contributed by atoms with Gasteiger partial charge in [0.1, 0.15) is 0 Å². The molecular formula is C15H23ClN2. The van der Waals surface area contributed by atoms with Gasteiger partial charge >= 0.3 is 0 Å². The van der Waals surface area contributed by atoms with E-state index in [4.69, 9.17) is 17.3 Å². The standard InChI is InChI=1S/C15H23ClN2/c16-15-12-14(7-6-13(15)8-9-17)18-10-4-2-1-3-5-11-18/h6-7,12H,1-5,8-11,17H2. The van der Waals surface area contributed by atoms with Crippen LogP contribution in [-0.2, 0) is 6.42 Å². The van der Waals surface area contributed by atoms with E-state index in [0.717, 1.165) is 30.1 Å². The Morgan fingerprint density at radius 2 is 1.72 bits per heavy atom. The van der Waals surface area contributed by atoms with Gasteiger partial charge in [-0.25, -0.2) is 0 Å². The highest BCUT2D eigenvalue weighted by Gasteiger charge is 2.10. The van der Waals surface area contributed by atoms with Crippen LogP contribution in [0, 0.1) is 0 Å². The van der Waals surface area contributed by atoms with Crippen LogP contribution < -0.4 is 10.6 Å². The van der Waals surface area contributed by atoms with Crippen molar-refractivity contribution in [2.24, 2.45) is 5.73 Å². The van der Waals surface area contributed by atoms with E-state index >= 15 is 0 Å². The van der Waals surface area contributed by atoms with Crippen LogP contribution in [0.2, 0.25) is 5.02 Å². The summed E-state index contributed by atoms with van der Waals surface area (Å²) >= 11 is 6.32. The van der Waals surface area contributed by atoms with Gasteiger partial charge in [-0.15, -0.1) is 0 Å². The predicted molar refractivity (Wildman–Crippen MR) is 79.5 cm³/mol. The number of nitrogens with two attached hydrogens (primary N) is 1. The number of anilines is 1. The maximum absolute atomic E-state index is 6.32. The molecule has 0 bridgehead atoms. The Kier molecular flexibility index (Phi) is 5.33. The second-order valence-corrected chi connectivity index (χ2v) is 5.48. The first-order valence-electron chi connectivity index (χ1n) is 7.04. The molecule has 2 nitrogen and oxygen atoms in total. The average molecular weight is 267 g/mol. The molecule has 2 N–H and O–H groups in total. The van der Waals surface area contributed by atoms with E-state index in [9.17, 15) is 0 Å². The molecule has 1 heterocycles. The van der Waals surface area contributed by atoms with Crippen molar-refractivity contribution < 1.29 is 0 Å². The lowest BCUT2D eigenvalue weighted by Crippen LogP contribution is -2.26. The molecule has 0 saturated carbocycles. The van der Waals surface area contributed by atoms with Gasteiger partial charge in [0.15, 0.2) is 0 Å². The normalized spacial score (nSPS) is 17.3. The van der Waals surface area contributed by atoms with Crippen molar-refractivity contribution in [2.45, 2.75) is 38.5 Å². The Morgan fingerprint density at radius 1 is 1.06 bits per heavy atom. The van der Waals surface area contributed by atoms with Gasteiger partial charge in [0, 0.05) is 23.8 Å². The minimum Gasteiger partial charge on any atom is -0.371 e. The molecule has 0 aromatic heterocycles. The molecule has 2 rings (SSSR count). The Morgan fingerprint density at radius 3 is 2.33 bits per heavy atom. The zero-order valence-corrected chi connectivity index (χ0v) is 11.8. The molecule has 18 heavy (non-hydrogen) atoms. The van der Waals surface area contributed by atoms with Crippen LogP contribution in [0.25, 0.3) is 0 Å². The Bertz CT molecular complexity index is 371. The highest BCUT2D eigenvalue weighted by atomic mass is 35.5. The maximum Gasteiger partial charge on any atom is 0.0459 e. The highest BCUT2D eigenvalue weighted by molar-refractivity contribution is 6.31. The summed E-state index contributed by atoms with van der Waals surface area (Å²) in [5, 5.41) is 0.861. The molecule has 0 atom stereocenters. The number of nitrogens with zero attached hydrogens (tertiary/aromatic N) is 1. The molecule has 1 aliphatic heterocycles. The predicted octanol–water partition coefficient (Wildman–Crippen LogP) is 3.61. The van der Waals surface area contributed by atoms with Crippen molar-refractivity contribution in [1.82, 2.24) is 0 Å². The topological polar surface area (TPSA) is 29.3 Å². The van der Waals surface area contributed by atoms with Crippen LogP contribution in [0.5, 0.6) is 0 Å². The monoisotopic (exact) mass is 266 g/mol. The zero-order chi connectivity index (χ0) is 12.8. The molecule has 0 radical (unpaired) electrons. The lowest BCUT2D eigenvalue weighted by Gasteiger charge is -2.27. The summed E-state index contributed by atoms with van der Waals surface area (Å²) in [5.41, 5.74) is 8.01. The van der Waals surface area contributed by atoms with E-state index < -0.39 is 0 Å². The molecule has 0 spiro atoms. The van der Waals surface area contributed by atoms with E-state index in [1.807, 2.05) is 0 Å². The van der Waals surface area contributed by atoms with Crippen molar-refractivity contribution in [3.63, 3.8) is 0 Å². The molecule has 0 amide bonds. The lowest BCUT2D eigenvalue weighted by molar-refractivity contribution is 0.556. The van der Waals surface area contributed by atoms with Crippen molar-refractivity contribution in [1.29, 1.82) is 0 Å². The van der Waals surface area contributed by atoms with Gasteiger partial charge < -0.3 is 10.6 Å². The summed E-state index contributed by atoms with van der Waals surface area (Å²) in [7, 11) is 0. The number of hydrogen-bond donors (Lipinski definition) is 1. The summed E-state index contributed by atoms with van der Waals surface area (Å²) in [6.07, 6.45) is 7.55. The first-order valence-corrected chi connectivity index (χ1v) is 7.42. The van der Waals surface area contributed by atoms with Gasteiger partial charge in [0.25, 0.3) is 0 Å². The molecule has 1 aromatic carbocycles. The van der Waals surface area contributed by atoms with Crippen molar-refractivity contribution >= 4 is 17.3 Å². The Labute approximate surface area is 115 Å². The zero-order valence-electron chi connectivity index (χ0n) is 11.0. The van der Waals surface area contributed by atoms with E-state index in [2.05, 4.69) is 23.1 Å². The number of rotatable bonds is 3. The van der Waals surface area contributed by atoms with Crippen LogP contribution >= 0.6 is 11.6 Å². The summed E-state index contributed by atoms with van der Waals surface area (Å²) < 4.78 is 0. The van der Waals surface area contributed by atoms with Gasteiger partial charge in [0.05, 0.1) is 0 Å². The summed E-state index contributed by atoms with van der Waals surface area (Å²) in [6.45, 7) is 2.97. The fourth-order valence-corrected chi connectivity index (χ4v) is 2.87. The Hall–Kier alpha value is -0.730. The Balaban J connectivity index is 2.08. The second kappa shape index (κ2) is 7.01. The molecule has 0 aliphatic carbocycles. The van der Waals surface area contributed by atoms with Crippen LogP contribution in [-0.4, -0.2) is 19.6 Å². The lowest BCUT2D eigenvalue weighted by atomic mass is 10.1. The average Bonchev–Trinajstić information content (AvgIpc) is 2.32. The van der Waals surface area contributed by atoms with Crippen molar-refractivity contribution in [3.05, 3.63) is 28.8 Å². The summed E-state index contributed by atoms with van der Waals surface area (Å²) in [5.74, 6) is 0. The van der Waals surface area contributed by atoms with Gasteiger partial charge in [-0.1, -0.05) is 36.9 Å². The molecule has 1 aliphatic rings. The highest BCUT2D eigenvalue weighted by Crippen LogP contribution is 2.25. The molecule has 0 unspecified atom stereocenters. The van der Waals surface area contributed by atoms with Crippen LogP contribution in [0.3, 0.4) is 0 Å². The molecule has 3 heteroatoms. The minimum atomic E-state index is 0.656. The van der Waals surface area contributed by atoms with Gasteiger partial charge in [0.2, 0.25) is 0 Å². The molecule has 1 saturated heterocycles. The number of halogens is 1. The van der Waals surface area contributed by atoms with Gasteiger partial charge in [-0.3, -0.25) is 0 Å².